The van der Waals surface area contributed by atoms with Gasteiger partial charge in [0, 0.05) is 38.8 Å². The van der Waals surface area contributed by atoms with Gasteiger partial charge in [-0.3, -0.25) is 0 Å². The number of amides is 2. The second-order valence-corrected chi connectivity index (χ2v) is 7.88. The molecule has 0 radical (unpaired) electrons. The summed E-state index contributed by atoms with van der Waals surface area (Å²) < 4.78 is 0. The molecule has 22 heavy (non-hydrogen) atoms. The van der Waals surface area contributed by atoms with Crippen LogP contribution in [0.1, 0.15) is 53.4 Å². The first-order valence-electron chi connectivity index (χ1n) is 9.25. The summed E-state index contributed by atoms with van der Waals surface area (Å²) in [6.07, 6.45) is 4.95. The summed E-state index contributed by atoms with van der Waals surface area (Å²) in [5, 5.41) is 3.22. The maximum absolute atomic E-state index is 12.4. The van der Waals surface area contributed by atoms with Crippen LogP contribution in [0.3, 0.4) is 0 Å². The number of carbonyl (C=O) groups excluding carboxylic acids is 1. The molecular weight excluding hydrogens is 274 g/mol. The van der Waals surface area contributed by atoms with Crippen molar-refractivity contribution in [2.75, 3.05) is 32.7 Å². The molecule has 0 unspecified atom stereocenters. The van der Waals surface area contributed by atoms with Gasteiger partial charge in [-0.25, -0.2) is 4.79 Å². The highest BCUT2D eigenvalue weighted by molar-refractivity contribution is 5.74. The van der Waals surface area contributed by atoms with E-state index in [4.69, 9.17) is 0 Å². The van der Waals surface area contributed by atoms with E-state index in [0.29, 0.717) is 5.92 Å². The van der Waals surface area contributed by atoms with E-state index in [0.717, 1.165) is 37.9 Å². The number of likely N-dealkylation sites (tertiary alicyclic amines) is 2. The quantitative estimate of drug-likeness (QED) is 0.865. The lowest BCUT2D eigenvalue weighted by Gasteiger charge is -2.37. The monoisotopic (exact) mass is 309 g/mol. The first-order chi connectivity index (χ1) is 10.5. The number of nitrogens with zero attached hydrogens (tertiary/aromatic N) is 2. The molecule has 0 saturated carbocycles. The van der Waals surface area contributed by atoms with Crippen LogP contribution in [0.15, 0.2) is 0 Å². The van der Waals surface area contributed by atoms with Crippen molar-refractivity contribution in [1.82, 2.24) is 15.1 Å². The molecule has 0 bridgehead atoms. The summed E-state index contributed by atoms with van der Waals surface area (Å²) in [5.41, 5.74) is 0. The van der Waals surface area contributed by atoms with Crippen LogP contribution in [0.2, 0.25) is 0 Å². The number of hydrogen-bond acceptors (Lipinski definition) is 2. The topological polar surface area (TPSA) is 35.6 Å². The first kappa shape index (κ1) is 17.6. The van der Waals surface area contributed by atoms with Crippen molar-refractivity contribution in [2.45, 2.75) is 59.4 Å². The number of rotatable bonds is 4. The molecule has 4 nitrogen and oxygen atoms in total. The van der Waals surface area contributed by atoms with Crippen LogP contribution in [-0.2, 0) is 0 Å². The number of urea groups is 1. The minimum absolute atomic E-state index is 0.142. The Hall–Kier alpha value is -0.770. The van der Waals surface area contributed by atoms with Crippen molar-refractivity contribution in [3.63, 3.8) is 0 Å². The van der Waals surface area contributed by atoms with E-state index in [1.807, 2.05) is 4.90 Å². The molecular formula is C18H35N3O. The van der Waals surface area contributed by atoms with Crippen LogP contribution >= 0.6 is 0 Å². The third-order valence-corrected chi connectivity index (χ3v) is 5.23. The molecule has 0 aliphatic carbocycles. The Labute approximate surface area is 136 Å². The third kappa shape index (κ3) is 5.15. The van der Waals surface area contributed by atoms with E-state index in [9.17, 15) is 4.79 Å². The Morgan fingerprint density at radius 2 is 1.91 bits per heavy atom. The maximum atomic E-state index is 12.4. The fraction of sp³-hybridized carbons (Fsp3) is 0.944. The van der Waals surface area contributed by atoms with E-state index in [1.54, 1.807) is 0 Å². The molecule has 2 saturated heterocycles. The van der Waals surface area contributed by atoms with Crippen LogP contribution in [0, 0.1) is 17.8 Å². The Balaban J connectivity index is 1.76. The third-order valence-electron chi connectivity index (χ3n) is 5.23. The van der Waals surface area contributed by atoms with E-state index in [1.165, 1.54) is 32.4 Å². The van der Waals surface area contributed by atoms with Crippen LogP contribution in [0.4, 0.5) is 4.79 Å². The summed E-state index contributed by atoms with van der Waals surface area (Å²) in [7, 11) is 0. The molecule has 0 aromatic rings. The molecule has 2 rings (SSSR count). The highest BCUT2D eigenvalue weighted by atomic mass is 16.2. The van der Waals surface area contributed by atoms with Gasteiger partial charge in [0.1, 0.15) is 0 Å². The molecule has 0 aromatic carbocycles. The second kappa shape index (κ2) is 8.19. The van der Waals surface area contributed by atoms with Gasteiger partial charge in [0.15, 0.2) is 0 Å². The van der Waals surface area contributed by atoms with Crippen molar-refractivity contribution in [1.29, 1.82) is 0 Å². The van der Waals surface area contributed by atoms with Gasteiger partial charge >= 0.3 is 6.03 Å². The van der Waals surface area contributed by atoms with Gasteiger partial charge in [-0.2, -0.15) is 0 Å². The predicted molar refractivity (Wildman–Crippen MR) is 92.0 cm³/mol. The zero-order valence-electron chi connectivity index (χ0n) is 15.0. The van der Waals surface area contributed by atoms with Crippen molar-refractivity contribution in [2.24, 2.45) is 17.8 Å². The normalized spacial score (nSPS) is 31.8. The summed E-state index contributed by atoms with van der Waals surface area (Å²) in [6, 6.07) is 0.371. The van der Waals surface area contributed by atoms with Crippen LogP contribution in [0.5, 0.6) is 0 Å². The molecule has 0 aromatic heterocycles. The summed E-state index contributed by atoms with van der Waals surface area (Å²) >= 11 is 0. The number of piperidine rings is 2. The molecule has 128 valence electrons. The number of carbonyl (C=O) groups is 1. The van der Waals surface area contributed by atoms with Gasteiger partial charge in [0.25, 0.3) is 0 Å². The summed E-state index contributed by atoms with van der Waals surface area (Å²) in [6.45, 7) is 14.2. The van der Waals surface area contributed by atoms with Gasteiger partial charge in [-0.1, -0.05) is 27.2 Å². The molecule has 4 heteroatoms. The van der Waals surface area contributed by atoms with Crippen molar-refractivity contribution in [3.8, 4) is 0 Å². The molecule has 2 amide bonds. The summed E-state index contributed by atoms with van der Waals surface area (Å²) in [5.74, 6) is 2.25. The minimum Gasteiger partial charge on any atom is -0.334 e. The van der Waals surface area contributed by atoms with E-state index >= 15 is 0 Å². The van der Waals surface area contributed by atoms with E-state index in [-0.39, 0.29) is 12.1 Å². The summed E-state index contributed by atoms with van der Waals surface area (Å²) in [4.78, 5) is 17.0. The van der Waals surface area contributed by atoms with E-state index in [2.05, 4.69) is 37.9 Å². The van der Waals surface area contributed by atoms with Crippen molar-refractivity contribution >= 4 is 6.03 Å². The largest absolute Gasteiger partial charge is 0.334 e. The van der Waals surface area contributed by atoms with Crippen LogP contribution < -0.4 is 5.32 Å². The first-order valence-corrected chi connectivity index (χ1v) is 9.25. The van der Waals surface area contributed by atoms with Crippen molar-refractivity contribution < 1.29 is 4.79 Å². The highest BCUT2D eigenvalue weighted by Crippen LogP contribution is 2.21. The van der Waals surface area contributed by atoms with E-state index < -0.39 is 0 Å². The molecule has 2 fully saturated rings. The molecule has 4 atom stereocenters. The maximum Gasteiger partial charge on any atom is 0.317 e. The lowest BCUT2D eigenvalue weighted by Crippen LogP contribution is -2.52. The smallest absolute Gasteiger partial charge is 0.317 e. The fourth-order valence-corrected chi connectivity index (χ4v) is 4.26. The SMILES string of the molecule is CC[C@@H]1CCCN(C(=O)N[C@H](C)CN2C[C@H](C)C[C@@H](C)C2)C1. The Bertz CT molecular complexity index is 350. The molecule has 2 heterocycles. The number of hydrogen-bond donors (Lipinski definition) is 1. The average Bonchev–Trinajstić information content (AvgIpc) is 2.46. The van der Waals surface area contributed by atoms with Gasteiger partial charge < -0.3 is 15.1 Å². The Morgan fingerprint density at radius 1 is 1.23 bits per heavy atom. The van der Waals surface area contributed by atoms with Gasteiger partial charge in [0.2, 0.25) is 0 Å². The molecule has 2 aliphatic heterocycles. The number of nitrogens with one attached hydrogen (secondary N) is 1. The van der Waals surface area contributed by atoms with Gasteiger partial charge in [0.05, 0.1) is 0 Å². The Kier molecular flexibility index (Phi) is 6.54. The van der Waals surface area contributed by atoms with Crippen LogP contribution in [0.25, 0.3) is 0 Å². The van der Waals surface area contributed by atoms with Gasteiger partial charge in [-0.15, -0.1) is 0 Å². The molecule has 1 N–H and O–H groups in total. The zero-order valence-corrected chi connectivity index (χ0v) is 15.0. The Morgan fingerprint density at radius 3 is 2.55 bits per heavy atom. The lowest BCUT2D eigenvalue weighted by atomic mass is 9.92. The van der Waals surface area contributed by atoms with Crippen molar-refractivity contribution in [3.05, 3.63) is 0 Å². The molecule has 2 aliphatic rings. The van der Waals surface area contributed by atoms with Gasteiger partial charge in [-0.05, 0) is 43.9 Å². The average molecular weight is 309 g/mol. The highest BCUT2D eigenvalue weighted by Gasteiger charge is 2.26. The van der Waals surface area contributed by atoms with Crippen LogP contribution in [-0.4, -0.2) is 54.6 Å². The zero-order chi connectivity index (χ0) is 16.1. The standard InChI is InChI=1S/C18H35N3O/c1-5-17-7-6-8-21(13-17)18(22)19-16(4)12-20-10-14(2)9-15(3)11-20/h14-17H,5-13H2,1-4H3,(H,19,22)/t14-,15-,16-,17-/m1/s1. The minimum atomic E-state index is 0.142. The predicted octanol–water partition coefficient (Wildman–Crippen LogP) is 3.18. The molecule has 0 spiro atoms. The fourth-order valence-electron chi connectivity index (χ4n) is 4.26. The lowest BCUT2D eigenvalue weighted by molar-refractivity contribution is 0.126. The second-order valence-electron chi connectivity index (χ2n) is 7.88.